The summed E-state index contributed by atoms with van der Waals surface area (Å²) in [5.74, 6) is -0.733. The Balaban J connectivity index is 2.68. The van der Waals surface area contributed by atoms with Crippen molar-refractivity contribution < 1.29 is 27.3 Å². The van der Waals surface area contributed by atoms with E-state index >= 15 is 0 Å². The molecule has 0 fully saturated rings. The Labute approximate surface area is 123 Å². The molecule has 2 rings (SSSR count). The summed E-state index contributed by atoms with van der Waals surface area (Å²) >= 11 is 0.447. The molecular weight excluding hydrogens is 322 g/mol. The molecule has 0 amide bonds. The number of hydrogen-bond acceptors (Lipinski definition) is 8. The van der Waals surface area contributed by atoms with Crippen molar-refractivity contribution in [3.8, 4) is 0 Å². The minimum Gasteiger partial charge on any atom is -0.468 e. The molecule has 0 spiro atoms. The smallest absolute Gasteiger partial charge is 0.348 e. The van der Waals surface area contributed by atoms with Gasteiger partial charge in [0.2, 0.25) is 9.84 Å². The molecule has 0 radical (unpaired) electrons. The molecule has 8 nitrogen and oxygen atoms in total. The zero-order chi connectivity index (χ0) is 15.8. The number of hydrogen-bond donors (Lipinski definition) is 0. The van der Waals surface area contributed by atoms with Crippen LogP contribution in [-0.2, 0) is 14.6 Å². The van der Waals surface area contributed by atoms with Crippen molar-refractivity contribution in [1.82, 2.24) is 0 Å². The number of rotatable bonds is 4. The summed E-state index contributed by atoms with van der Waals surface area (Å²) in [6, 6.07) is 2.14. The van der Waals surface area contributed by atoms with Gasteiger partial charge in [0.05, 0.1) is 18.3 Å². The Morgan fingerprint density at radius 1 is 1.43 bits per heavy atom. The molecule has 2 heterocycles. The standard InChI is InChI=1S/C11H9NO7S2/c1-6-8(3-4-19-6)21(16,17)9-5-7(11(13)18-2)20-10(9)12(14)15/h3-5H,1-2H3. The van der Waals surface area contributed by atoms with Crippen LogP contribution in [0.2, 0.25) is 0 Å². The van der Waals surface area contributed by atoms with Gasteiger partial charge in [0.1, 0.15) is 15.5 Å². The predicted octanol–water partition coefficient (Wildman–Crippen LogP) is 2.18. The van der Waals surface area contributed by atoms with Gasteiger partial charge in [-0.05, 0) is 19.1 Å². The number of sulfone groups is 1. The molecule has 2 aromatic heterocycles. The van der Waals surface area contributed by atoms with Crippen LogP contribution < -0.4 is 0 Å². The molecule has 112 valence electrons. The highest BCUT2D eigenvalue weighted by Gasteiger charge is 2.34. The second-order valence-corrected chi connectivity index (χ2v) is 6.79. The number of furan rings is 1. The zero-order valence-corrected chi connectivity index (χ0v) is 12.5. The van der Waals surface area contributed by atoms with Gasteiger partial charge in [-0.3, -0.25) is 10.1 Å². The lowest BCUT2D eigenvalue weighted by Gasteiger charge is -1.99. The van der Waals surface area contributed by atoms with Crippen LogP contribution in [-0.4, -0.2) is 26.4 Å². The number of nitrogens with zero attached hydrogens (tertiary/aromatic N) is 1. The summed E-state index contributed by atoms with van der Waals surface area (Å²) < 4.78 is 34.3. The van der Waals surface area contributed by atoms with E-state index in [1.807, 2.05) is 0 Å². The quantitative estimate of drug-likeness (QED) is 0.478. The second kappa shape index (κ2) is 5.30. The summed E-state index contributed by atoms with van der Waals surface area (Å²) in [6.45, 7) is 1.42. The minimum absolute atomic E-state index is 0.107. The fourth-order valence-corrected chi connectivity index (χ4v) is 4.45. The molecule has 0 aliphatic heterocycles. The van der Waals surface area contributed by atoms with E-state index in [0.29, 0.717) is 11.3 Å². The minimum atomic E-state index is -4.16. The Hall–Kier alpha value is -2.20. The highest BCUT2D eigenvalue weighted by molar-refractivity contribution is 7.91. The summed E-state index contributed by atoms with van der Waals surface area (Å²) in [7, 11) is -3.06. The van der Waals surface area contributed by atoms with Crippen LogP contribution >= 0.6 is 11.3 Å². The number of carbonyl (C=O) groups is 1. The molecule has 0 aliphatic carbocycles. The molecule has 0 unspecified atom stereocenters. The van der Waals surface area contributed by atoms with Gasteiger partial charge in [-0.25, -0.2) is 13.2 Å². The molecule has 0 saturated carbocycles. The number of esters is 1. The van der Waals surface area contributed by atoms with Crippen molar-refractivity contribution in [3.05, 3.63) is 39.1 Å². The maximum Gasteiger partial charge on any atom is 0.348 e. The number of methoxy groups -OCH3 is 1. The van der Waals surface area contributed by atoms with Crippen molar-refractivity contribution >= 4 is 32.1 Å². The Morgan fingerprint density at radius 3 is 2.57 bits per heavy atom. The Kier molecular flexibility index (Phi) is 3.83. The fraction of sp³-hybridized carbons (Fsp3) is 0.182. The van der Waals surface area contributed by atoms with E-state index in [2.05, 4.69) is 4.74 Å². The van der Waals surface area contributed by atoms with Crippen molar-refractivity contribution in [1.29, 1.82) is 0 Å². The molecule has 0 saturated heterocycles. The van der Waals surface area contributed by atoms with Gasteiger partial charge in [-0.2, -0.15) is 0 Å². The lowest BCUT2D eigenvalue weighted by Crippen LogP contribution is -2.04. The van der Waals surface area contributed by atoms with Crippen LogP contribution in [0.4, 0.5) is 5.00 Å². The van der Waals surface area contributed by atoms with E-state index in [0.717, 1.165) is 13.2 Å². The van der Waals surface area contributed by atoms with Gasteiger partial charge in [0.25, 0.3) is 0 Å². The summed E-state index contributed by atoms with van der Waals surface area (Å²) in [4.78, 5) is 20.7. The van der Waals surface area contributed by atoms with Crippen LogP contribution in [0, 0.1) is 17.0 Å². The van der Waals surface area contributed by atoms with Crippen molar-refractivity contribution in [2.24, 2.45) is 0 Å². The average Bonchev–Trinajstić information content (AvgIpc) is 3.04. The normalized spacial score (nSPS) is 11.3. The topological polar surface area (TPSA) is 117 Å². The van der Waals surface area contributed by atoms with Crippen LogP contribution in [0.5, 0.6) is 0 Å². The van der Waals surface area contributed by atoms with Gasteiger partial charge in [-0.15, -0.1) is 0 Å². The first-order valence-electron chi connectivity index (χ1n) is 5.44. The molecule has 0 bridgehead atoms. The third-order valence-electron chi connectivity index (χ3n) is 2.62. The molecule has 0 aliphatic rings. The fourth-order valence-electron chi connectivity index (χ4n) is 1.66. The monoisotopic (exact) mass is 331 g/mol. The molecule has 0 aromatic carbocycles. The summed E-state index contributed by atoms with van der Waals surface area (Å²) in [5.41, 5.74) is 0. The lowest BCUT2D eigenvalue weighted by molar-refractivity contribution is -0.383. The van der Waals surface area contributed by atoms with Crippen LogP contribution in [0.25, 0.3) is 0 Å². The van der Waals surface area contributed by atoms with Crippen LogP contribution in [0.3, 0.4) is 0 Å². The van der Waals surface area contributed by atoms with Gasteiger partial charge in [-0.1, -0.05) is 11.3 Å². The third-order valence-corrected chi connectivity index (χ3v) is 5.71. The zero-order valence-electron chi connectivity index (χ0n) is 10.9. The highest BCUT2D eigenvalue weighted by atomic mass is 32.2. The maximum atomic E-state index is 12.5. The largest absolute Gasteiger partial charge is 0.468 e. The number of carbonyl (C=O) groups excluding carboxylic acids is 1. The van der Waals surface area contributed by atoms with Crippen molar-refractivity contribution in [2.75, 3.05) is 7.11 Å². The first kappa shape index (κ1) is 15.2. The van der Waals surface area contributed by atoms with E-state index in [1.165, 1.54) is 19.3 Å². The van der Waals surface area contributed by atoms with Gasteiger partial charge >= 0.3 is 11.0 Å². The molecular formula is C11H9NO7S2. The Bertz CT molecular complexity index is 815. The predicted molar refractivity (Wildman–Crippen MR) is 71.2 cm³/mol. The number of ether oxygens (including phenoxy) is 1. The van der Waals surface area contributed by atoms with Crippen LogP contribution in [0.1, 0.15) is 15.4 Å². The van der Waals surface area contributed by atoms with E-state index < -0.39 is 30.6 Å². The van der Waals surface area contributed by atoms with E-state index in [-0.39, 0.29) is 15.5 Å². The Morgan fingerprint density at radius 2 is 2.10 bits per heavy atom. The number of nitro groups is 1. The lowest BCUT2D eigenvalue weighted by atomic mass is 10.5. The molecule has 21 heavy (non-hydrogen) atoms. The SMILES string of the molecule is COC(=O)c1cc(S(=O)(=O)c2ccoc2C)c([N+](=O)[O-])s1. The first-order chi connectivity index (χ1) is 9.78. The molecule has 0 N–H and O–H groups in total. The highest BCUT2D eigenvalue weighted by Crippen LogP contribution is 2.38. The molecule has 2 aromatic rings. The van der Waals surface area contributed by atoms with E-state index in [9.17, 15) is 23.3 Å². The maximum absolute atomic E-state index is 12.5. The molecule has 10 heteroatoms. The molecule has 0 atom stereocenters. The number of aryl methyl sites for hydroxylation is 1. The summed E-state index contributed by atoms with van der Waals surface area (Å²) in [6.07, 6.45) is 1.17. The summed E-state index contributed by atoms with van der Waals surface area (Å²) in [5, 5.41) is 10.4. The van der Waals surface area contributed by atoms with Gasteiger partial charge in [0.15, 0.2) is 4.90 Å². The number of thiophene rings is 1. The van der Waals surface area contributed by atoms with E-state index in [4.69, 9.17) is 4.42 Å². The van der Waals surface area contributed by atoms with Crippen molar-refractivity contribution in [3.63, 3.8) is 0 Å². The average molecular weight is 331 g/mol. The van der Waals surface area contributed by atoms with Crippen molar-refractivity contribution in [2.45, 2.75) is 16.7 Å². The third kappa shape index (κ3) is 2.54. The van der Waals surface area contributed by atoms with Gasteiger partial charge < -0.3 is 9.15 Å². The second-order valence-electron chi connectivity index (χ2n) is 3.87. The van der Waals surface area contributed by atoms with Gasteiger partial charge in [0, 0.05) is 0 Å². The van der Waals surface area contributed by atoms with E-state index in [1.54, 1.807) is 0 Å². The first-order valence-corrected chi connectivity index (χ1v) is 7.74. The van der Waals surface area contributed by atoms with Crippen LogP contribution in [0.15, 0.2) is 32.6 Å².